The zero-order valence-corrected chi connectivity index (χ0v) is 12.0. The van der Waals surface area contributed by atoms with Crippen LogP contribution in [0.1, 0.15) is 44.6 Å². The first-order chi connectivity index (χ1) is 9.10. The van der Waals surface area contributed by atoms with Crippen molar-refractivity contribution in [1.29, 1.82) is 0 Å². The Labute approximate surface area is 115 Å². The van der Waals surface area contributed by atoms with E-state index >= 15 is 0 Å². The van der Waals surface area contributed by atoms with Crippen molar-refractivity contribution in [3.05, 3.63) is 29.6 Å². The van der Waals surface area contributed by atoms with Crippen LogP contribution in [0.4, 0.5) is 10.1 Å². The fourth-order valence-electron chi connectivity index (χ4n) is 3.10. The van der Waals surface area contributed by atoms with Crippen LogP contribution in [0.15, 0.2) is 18.2 Å². The molecule has 1 fully saturated rings. The molecule has 0 amide bonds. The number of anilines is 1. The molecular formula is C16H25FN2. The molecule has 2 nitrogen and oxygen atoms in total. The van der Waals surface area contributed by atoms with Crippen LogP contribution in [-0.2, 0) is 6.54 Å². The highest BCUT2D eigenvalue weighted by Gasteiger charge is 2.23. The van der Waals surface area contributed by atoms with Gasteiger partial charge in [0.2, 0.25) is 0 Å². The Kier molecular flexibility index (Phi) is 4.81. The third-order valence-corrected chi connectivity index (χ3v) is 4.54. The highest BCUT2D eigenvalue weighted by atomic mass is 19.1. The molecule has 2 N–H and O–H groups in total. The SMILES string of the molecule is CCC1CCC(N(C)Cc2ccc(F)cc2N)CC1. The molecule has 106 valence electrons. The van der Waals surface area contributed by atoms with E-state index in [-0.39, 0.29) is 5.82 Å². The lowest BCUT2D eigenvalue weighted by Crippen LogP contribution is -2.34. The van der Waals surface area contributed by atoms with Gasteiger partial charge in [-0.15, -0.1) is 0 Å². The van der Waals surface area contributed by atoms with Crippen molar-refractivity contribution in [2.75, 3.05) is 12.8 Å². The summed E-state index contributed by atoms with van der Waals surface area (Å²) < 4.78 is 13.0. The van der Waals surface area contributed by atoms with Gasteiger partial charge < -0.3 is 5.73 Å². The van der Waals surface area contributed by atoms with Crippen molar-refractivity contribution >= 4 is 5.69 Å². The summed E-state index contributed by atoms with van der Waals surface area (Å²) in [5.74, 6) is 0.660. The minimum Gasteiger partial charge on any atom is -0.398 e. The first-order valence-electron chi connectivity index (χ1n) is 7.34. The van der Waals surface area contributed by atoms with Crippen LogP contribution in [0.5, 0.6) is 0 Å². The van der Waals surface area contributed by atoms with Gasteiger partial charge in [0.15, 0.2) is 0 Å². The maximum Gasteiger partial charge on any atom is 0.125 e. The highest BCUT2D eigenvalue weighted by molar-refractivity contribution is 5.46. The lowest BCUT2D eigenvalue weighted by Gasteiger charge is -2.34. The second-order valence-electron chi connectivity index (χ2n) is 5.84. The van der Waals surface area contributed by atoms with E-state index in [1.54, 1.807) is 6.07 Å². The molecule has 0 radical (unpaired) electrons. The van der Waals surface area contributed by atoms with E-state index in [2.05, 4.69) is 18.9 Å². The van der Waals surface area contributed by atoms with Gasteiger partial charge in [0.05, 0.1) is 0 Å². The van der Waals surface area contributed by atoms with Gasteiger partial charge in [-0.1, -0.05) is 19.4 Å². The molecule has 1 aromatic carbocycles. The monoisotopic (exact) mass is 264 g/mol. The average molecular weight is 264 g/mol. The number of nitrogens with zero attached hydrogens (tertiary/aromatic N) is 1. The minimum absolute atomic E-state index is 0.257. The summed E-state index contributed by atoms with van der Waals surface area (Å²) in [6.07, 6.45) is 6.53. The molecule has 0 spiro atoms. The van der Waals surface area contributed by atoms with Crippen molar-refractivity contribution in [3.63, 3.8) is 0 Å². The molecule has 0 unspecified atom stereocenters. The van der Waals surface area contributed by atoms with E-state index in [1.807, 2.05) is 0 Å². The van der Waals surface area contributed by atoms with E-state index < -0.39 is 0 Å². The molecule has 0 aromatic heterocycles. The summed E-state index contributed by atoms with van der Waals surface area (Å²) >= 11 is 0. The van der Waals surface area contributed by atoms with Gasteiger partial charge in [0, 0.05) is 18.3 Å². The molecule has 3 heteroatoms. The van der Waals surface area contributed by atoms with Gasteiger partial charge in [0.1, 0.15) is 5.82 Å². The van der Waals surface area contributed by atoms with Crippen LogP contribution >= 0.6 is 0 Å². The van der Waals surface area contributed by atoms with Crippen molar-refractivity contribution in [2.45, 2.75) is 51.6 Å². The van der Waals surface area contributed by atoms with Crippen molar-refractivity contribution in [1.82, 2.24) is 4.90 Å². The Morgan fingerprint density at radius 1 is 1.26 bits per heavy atom. The number of hydrogen-bond donors (Lipinski definition) is 1. The quantitative estimate of drug-likeness (QED) is 0.838. The summed E-state index contributed by atoms with van der Waals surface area (Å²) in [6, 6.07) is 5.36. The molecule has 0 bridgehead atoms. The number of rotatable bonds is 4. The van der Waals surface area contributed by atoms with Crippen molar-refractivity contribution < 1.29 is 4.39 Å². The molecule has 0 aliphatic heterocycles. The van der Waals surface area contributed by atoms with Gasteiger partial charge in [-0.2, -0.15) is 0 Å². The summed E-state index contributed by atoms with van der Waals surface area (Å²) in [5.41, 5.74) is 7.47. The molecule has 1 saturated carbocycles. The fraction of sp³-hybridized carbons (Fsp3) is 0.625. The van der Waals surface area contributed by atoms with Crippen molar-refractivity contribution in [3.8, 4) is 0 Å². The topological polar surface area (TPSA) is 29.3 Å². The zero-order valence-electron chi connectivity index (χ0n) is 12.0. The van der Waals surface area contributed by atoms with Crippen LogP contribution in [0.3, 0.4) is 0 Å². The molecule has 2 rings (SSSR count). The number of halogens is 1. The fourth-order valence-corrected chi connectivity index (χ4v) is 3.10. The number of benzene rings is 1. The first kappa shape index (κ1) is 14.3. The summed E-state index contributed by atoms with van der Waals surface area (Å²) in [7, 11) is 2.15. The zero-order chi connectivity index (χ0) is 13.8. The van der Waals surface area contributed by atoms with Crippen LogP contribution in [-0.4, -0.2) is 18.0 Å². The lowest BCUT2D eigenvalue weighted by atomic mass is 9.84. The average Bonchev–Trinajstić information content (AvgIpc) is 2.42. The maximum absolute atomic E-state index is 13.0. The van der Waals surface area contributed by atoms with Crippen LogP contribution < -0.4 is 5.73 Å². The van der Waals surface area contributed by atoms with Gasteiger partial charge in [0.25, 0.3) is 0 Å². The molecular weight excluding hydrogens is 239 g/mol. The molecule has 0 heterocycles. The molecule has 1 aromatic rings. The Bertz CT molecular complexity index is 411. The van der Waals surface area contributed by atoms with E-state index in [0.717, 1.165) is 18.0 Å². The second-order valence-corrected chi connectivity index (χ2v) is 5.84. The van der Waals surface area contributed by atoms with Gasteiger partial charge in [-0.3, -0.25) is 4.90 Å². The van der Waals surface area contributed by atoms with E-state index in [0.29, 0.717) is 11.7 Å². The third kappa shape index (κ3) is 3.69. The number of nitrogens with two attached hydrogens (primary N) is 1. The first-order valence-corrected chi connectivity index (χ1v) is 7.34. The Hall–Kier alpha value is -1.09. The predicted molar refractivity (Wildman–Crippen MR) is 78.3 cm³/mol. The van der Waals surface area contributed by atoms with E-state index in [9.17, 15) is 4.39 Å². The summed E-state index contributed by atoms with van der Waals surface area (Å²) in [5, 5.41) is 0. The molecule has 0 atom stereocenters. The van der Waals surface area contributed by atoms with E-state index in [4.69, 9.17) is 5.73 Å². The number of hydrogen-bond acceptors (Lipinski definition) is 2. The largest absolute Gasteiger partial charge is 0.398 e. The smallest absolute Gasteiger partial charge is 0.125 e. The third-order valence-electron chi connectivity index (χ3n) is 4.54. The Morgan fingerprint density at radius 3 is 2.53 bits per heavy atom. The predicted octanol–water partition coefficient (Wildman–Crippen LogP) is 3.81. The standard InChI is InChI=1S/C16H25FN2/c1-3-12-4-8-15(9-5-12)19(2)11-13-6-7-14(17)10-16(13)18/h6-7,10,12,15H,3-5,8-9,11,18H2,1-2H3. The summed E-state index contributed by atoms with van der Waals surface area (Å²) in [6.45, 7) is 3.10. The molecule has 0 saturated heterocycles. The van der Waals surface area contributed by atoms with Crippen molar-refractivity contribution in [2.24, 2.45) is 5.92 Å². The lowest BCUT2D eigenvalue weighted by molar-refractivity contribution is 0.157. The molecule has 1 aliphatic rings. The van der Waals surface area contributed by atoms with Crippen LogP contribution in [0.25, 0.3) is 0 Å². The molecule has 1 aliphatic carbocycles. The van der Waals surface area contributed by atoms with Crippen LogP contribution in [0.2, 0.25) is 0 Å². The highest BCUT2D eigenvalue weighted by Crippen LogP contribution is 2.30. The molecule has 19 heavy (non-hydrogen) atoms. The van der Waals surface area contributed by atoms with Crippen LogP contribution in [0, 0.1) is 11.7 Å². The van der Waals surface area contributed by atoms with Gasteiger partial charge in [-0.05, 0) is 56.3 Å². The summed E-state index contributed by atoms with van der Waals surface area (Å²) in [4.78, 5) is 2.37. The van der Waals surface area contributed by atoms with Gasteiger partial charge in [-0.25, -0.2) is 4.39 Å². The Morgan fingerprint density at radius 2 is 1.95 bits per heavy atom. The van der Waals surface area contributed by atoms with Gasteiger partial charge >= 0.3 is 0 Å². The second kappa shape index (κ2) is 6.38. The maximum atomic E-state index is 13.0. The van der Waals surface area contributed by atoms with E-state index in [1.165, 1.54) is 44.2 Å². The minimum atomic E-state index is -0.257. The normalized spacial score (nSPS) is 23.8. The Balaban J connectivity index is 1.92. The number of nitrogen functional groups attached to an aromatic ring is 1.